The van der Waals surface area contributed by atoms with E-state index in [0.717, 1.165) is 44.3 Å². The highest BCUT2D eigenvalue weighted by atomic mass is 16.5. The van der Waals surface area contributed by atoms with Crippen molar-refractivity contribution in [3.8, 4) is 0 Å². The summed E-state index contributed by atoms with van der Waals surface area (Å²) in [5.74, 6) is -0.523. The lowest BCUT2D eigenvalue weighted by Crippen LogP contribution is -2.29. The number of aromatic amines is 2. The Bertz CT molecular complexity index is 1350. The lowest BCUT2D eigenvalue weighted by atomic mass is 10.0. The average molecular weight is 469 g/mol. The number of amides is 1. The van der Waals surface area contributed by atoms with E-state index in [1.54, 1.807) is 11.6 Å². The summed E-state index contributed by atoms with van der Waals surface area (Å²) in [5, 5.41) is 10.0. The van der Waals surface area contributed by atoms with Crippen molar-refractivity contribution in [2.75, 3.05) is 6.54 Å². The minimum absolute atomic E-state index is 0.356. The van der Waals surface area contributed by atoms with E-state index >= 15 is 0 Å². The summed E-state index contributed by atoms with van der Waals surface area (Å²) in [6.07, 6.45) is 11.5. The minimum Gasteiger partial charge on any atom is -0.365 e. The number of rotatable bonds is 9. The fourth-order valence-corrected chi connectivity index (χ4v) is 5.28. The molecule has 2 aromatic carbocycles. The summed E-state index contributed by atoms with van der Waals surface area (Å²) in [6.45, 7) is 4.05. The first-order chi connectivity index (χ1) is 17.1. The van der Waals surface area contributed by atoms with Gasteiger partial charge in [0.15, 0.2) is 0 Å². The fourth-order valence-electron chi connectivity index (χ4n) is 5.28. The van der Waals surface area contributed by atoms with Crippen LogP contribution in [0.5, 0.6) is 0 Å². The molecule has 1 aliphatic carbocycles. The topological polar surface area (TPSA) is 84.2 Å². The van der Waals surface area contributed by atoms with Gasteiger partial charge in [-0.15, -0.1) is 0 Å². The molecule has 0 fully saturated rings. The van der Waals surface area contributed by atoms with E-state index in [1.807, 2.05) is 0 Å². The zero-order chi connectivity index (χ0) is 24.2. The Morgan fingerprint density at radius 3 is 2.89 bits per heavy atom. The molecule has 0 bridgehead atoms. The van der Waals surface area contributed by atoms with Crippen molar-refractivity contribution in [2.45, 2.75) is 45.2 Å². The molecule has 2 aromatic heterocycles. The summed E-state index contributed by atoms with van der Waals surface area (Å²) in [5.41, 5.74) is 10.5. The normalized spacial score (nSPS) is 15.3. The van der Waals surface area contributed by atoms with Crippen molar-refractivity contribution >= 4 is 22.9 Å². The molecule has 1 amide bonds. The smallest absolute Gasteiger partial charge is 0.267 e. The molecular weight excluding hydrogens is 436 g/mol. The van der Waals surface area contributed by atoms with Gasteiger partial charge in [0.25, 0.3) is 5.91 Å². The molecule has 6 nitrogen and oxygen atoms in total. The van der Waals surface area contributed by atoms with E-state index in [4.69, 9.17) is 5.21 Å². The number of para-hydroxylation sites is 1. The molecular formula is C29H32N4O2. The number of hydrogen-bond acceptors (Lipinski definition) is 3. The number of aryl methyl sites for hydroxylation is 2. The molecule has 0 spiro atoms. The van der Waals surface area contributed by atoms with Crippen molar-refractivity contribution < 1.29 is 10.0 Å². The van der Waals surface area contributed by atoms with Crippen LogP contribution in [0.4, 0.5) is 0 Å². The second-order valence-corrected chi connectivity index (χ2v) is 9.29. The zero-order valence-electron chi connectivity index (χ0n) is 20.1. The molecule has 1 atom stereocenters. The van der Waals surface area contributed by atoms with E-state index in [2.05, 4.69) is 82.7 Å². The molecule has 0 saturated heterocycles. The molecule has 4 aromatic rings. The summed E-state index contributed by atoms with van der Waals surface area (Å²) in [6, 6.07) is 17.6. The monoisotopic (exact) mass is 468 g/mol. The molecule has 0 saturated carbocycles. The van der Waals surface area contributed by atoms with Gasteiger partial charge in [-0.3, -0.25) is 14.9 Å². The van der Waals surface area contributed by atoms with E-state index < -0.39 is 5.91 Å². The molecule has 180 valence electrons. The Balaban J connectivity index is 1.39. The third-order valence-corrected chi connectivity index (χ3v) is 7.10. The first kappa shape index (κ1) is 23.1. The second-order valence-electron chi connectivity index (χ2n) is 9.29. The van der Waals surface area contributed by atoms with Gasteiger partial charge in [0.1, 0.15) is 0 Å². The van der Waals surface area contributed by atoms with Crippen molar-refractivity contribution in [3.05, 3.63) is 101 Å². The first-order valence-corrected chi connectivity index (χ1v) is 12.3. The van der Waals surface area contributed by atoms with Crippen LogP contribution >= 0.6 is 0 Å². The Labute approximate surface area is 205 Å². The van der Waals surface area contributed by atoms with Gasteiger partial charge in [-0.05, 0) is 71.7 Å². The number of benzene rings is 2. The molecule has 2 heterocycles. The van der Waals surface area contributed by atoms with Crippen LogP contribution in [-0.2, 0) is 30.6 Å². The number of hydroxylamine groups is 1. The quantitative estimate of drug-likeness (QED) is 0.153. The first-order valence-electron chi connectivity index (χ1n) is 12.3. The van der Waals surface area contributed by atoms with Crippen LogP contribution in [0.15, 0.2) is 67.0 Å². The van der Waals surface area contributed by atoms with Crippen LogP contribution in [0.3, 0.4) is 0 Å². The van der Waals surface area contributed by atoms with E-state index in [1.165, 1.54) is 44.9 Å². The van der Waals surface area contributed by atoms with Crippen LogP contribution in [0.1, 0.15) is 52.9 Å². The summed E-state index contributed by atoms with van der Waals surface area (Å²) >= 11 is 0. The molecule has 0 aliphatic heterocycles. The number of fused-ring (bicyclic) bond motifs is 2. The highest BCUT2D eigenvalue weighted by Gasteiger charge is 2.28. The number of hydrogen-bond donors (Lipinski definition) is 4. The molecule has 5 rings (SSSR count). The maximum absolute atomic E-state index is 11.3. The van der Waals surface area contributed by atoms with Gasteiger partial charge in [0, 0.05) is 54.2 Å². The van der Waals surface area contributed by atoms with Crippen molar-refractivity contribution in [1.29, 1.82) is 0 Å². The van der Waals surface area contributed by atoms with E-state index in [9.17, 15) is 4.79 Å². The Morgan fingerprint density at radius 2 is 2.06 bits per heavy atom. The number of carbonyl (C=O) groups is 1. The van der Waals surface area contributed by atoms with Crippen molar-refractivity contribution in [2.24, 2.45) is 0 Å². The third-order valence-electron chi connectivity index (χ3n) is 7.10. The predicted octanol–water partition coefficient (Wildman–Crippen LogP) is 5.31. The van der Waals surface area contributed by atoms with Gasteiger partial charge in [-0.2, -0.15) is 0 Å². The van der Waals surface area contributed by atoms with Crippen molar-refractivity contribution in [3.63, 3.8) is 0 Å². The number of aromatic nitrogens is 2. The summed E-state index contributed by atoms with van der Waals surface area (Å²) in [7, 11) is 0. The van der Waals surface area contributed by atoms with Crippen LogP contribution in [-0.4, -0.2) is 32.5 Å². The molecule has 4 N–H and O–H groups in total. The van der Waals surface area contributed by atoms with Crippen LogP contribution in [0.2, 0.25) is 0 Å². The Kier molecular flexibility index (Phi) is 6.84. The largest absolute Gasteiger partial charge is 0.365 e. The highest BCUT2D eigenvalue weighted by molar-refractivity contribution is 5.90. The Morgan fingerprint density at radius 1 is 1.17 bits per heavy atom. The van der Waals surface area contributed by atoms with Gasteiger partial charge in [0.05, 0.1) is 0 Å². The molecule has 1 unspecified atom stereocenters. The number of H-pyrrole nitrogens is 2. The van der Waals surface area contributed by atoms with Crippen LogP contribution in [0, 0.1) is 0 Å². The van der Waals surface area contributed by atoms with Gasteiger partial charge >= 0.3 is 0 Å². The van der Waals surface area contributed by atoms with E-state index in [0.29, 0.717) is 6.04 Å². The summed E-state index contributed by atoms with van der Waals surface area (Å²) in [4.78, 5) is 20.8. The number of nitrogens with one attached hydrogen (secondary N) is 3. The number of carbonyl (C=O) groups excluding carboxylic acids is 1. The van der Waals surface area contributed by atoms with Gasteiger partial charge < -0.3 is 9.97 Å². The van der Waals surface area contributed by atoms with Gasteiger partial charge in [-0.25, -0.2) is 5.48 Å². The average Bonchev–Trinajstić information content (AvgIpc) is 3.63. The zero-order valence-corrected chi connectivity index (χ0v) is 20.1. The van der Waals surface area contributed by atoms with Gasteiger partial charge in [0.2, 0.25) is 0 Å². The standard InChI is InChI=1S/C29H32N4O2/c1-2-24-16-21(17-30-24)19-33(14-13-23-18-31-27-6-4-3-5-25(23)27)28-11-9-22-15-20(7-10-26(22)28)8-12-29(34)32-35/h3-8,10,12,15-18,28,30-31,35H,2,9,11,13-14,19H2,1H3,(H,32,34). The SMILES string of the molecule is CCc1cc(CN(CCc2c[nH]c3ccccc23)C2CCc3cc(C=CC(=O)NO)ccc32)c[nH]1. The van der Waals surface area contributed by atoms with Gasteiger partial charge in [-0.1, -0.05) is 43.3 Å². The number of nitrogens with zero attached hydrogens (tertiary/aromatic N) is 1. The molecule has 35 heavy (non-hydrogen) atoms. The molecule has 6 heteroatoms. The maximum Gasteiger partial charge on any atom is 0.267 e. The van der Waals surface area contributed by atoms with Crippen molar-refractivity contribution in [1.82, 2.24) is 20.3 Å². The van der Waals surface area contributed by atoms with Crippen LogP contribution in [0.25, 0.3) is 17.0 Å². The predicted molar refractivity (Wildman–Crippen MR) is 139 cm³/mol. The van der Waals surface area contributed by atoms with Crippen LogP contribution < -0.4 is 5.48 Å². The second kappa shape index (κ2) is 10.3. The van der Waals surface area contributed by atoms with E-state index in [-0.39, 0.29) is 0 Å². The lowest BCUT2D eigenvalue weighted by molar-refractivity contribution is -0.124. The molecule has 0 radical (unpaired) electrons. The maximum atomic E-state index is 11.3. The third kappa shape index (κ3) is 5.09. The fraction of sp³-hybridized carbons (Fsp3) is 0.276. The summed E-state index contributed by atoms with van der Waals surface area (Å²) < 4.78 is 0. The minimum atomic E-state index is -0.523. The Hall–Kier alpha value is -3.61. The highest BCUT2D eigenvalue weighted by Crippen LogP contribution is 2.37. The molecule has 1 aliphatic rings. The lowest BCUT2D eigenvalue weighted by Gasteiger charge is -2.29.